The van der Waals surface area contributed by atoms with Gasteiger partial charge in [-0.25, -0.2) is 19.6 Å². The van der Waals surface area contributed by atoms with E-state index in [0.29, 0.717) is 25.6 Å². The van der Waals surface area contributed by atoms with E-state index in [4.69, 9.17) is 4.74 Å². The highest BCUT2D eigenvalue weighted by Gasteiger charge is 2.58. The molecule has 4 heterocycles. The fourth-order valence-electron chi connectivity index (χ4n) is 8.68. The lowest BCUT2D eigenvalue weighted by atomic mass is 9.64. The number of halogens is 5. The number of hydrogen-bond acceptors (Lipinski definition) is 6. The number of likely N-dealkylation sites (tertiary alicyclic amines) is 2. The predicted molar refractivity (Wildman–Crippen MR) is 133 cm³/mol. The predicted octanol–water partition coefficient (Wildman–Crippen LogP) is 3.28. The second-order valence-electron chi connectivity index (χ2n) is 13.4. The highest BCUT2D eigenvalue weighted by molar-refractivity contribution is 5.82. The van der Waals surface area contributed by atoms with Gasteiger partial charge in [-0.1, -0.05) is 6.42 Å². The second kappa shape index (κ2) is 10.3. The third-order valence-corrected chi connectivity index (χ3v) is 10.9. The summed E-state index contributed by atoms with van der Waals surface area (Å²) in [4.78, 5) is 19.3. The van der Waals surface area contributed by atoms with Crippen LogP contribution in [0.4, 0.5) is 22.0 Å². The van der Waals surface area contributed by atoms with E-state index in [-0.39, 0.29) is 56.0 Å². The molecule has 2 N–H and O–H groups in total. The Morgan fingerprint density at radius 1 is 1.13 bits per heavy atom. The molecule has 0 spiro atoms. The Kier molecular flexibility index (Phi) is 7.43. The van der Waals surface area contributed by atoms with Crippen molar-refractivity contribution in [2.75, 3.05) is 53.1 Å². The molecule has 4 aliphatic heterocycles. The molecule has 6 aliphatic rings. The van der Waals surface area contributed by atoms with Crippen LogP contribution in [0.5, 0.6) is 0 Å². The smallest absolute Gasteiger partial charge is 0.380 e. The molecule has 0 aromatic carbocycles. The lowest BCUT2D eigenvalue weighted by molar-refractivity contribution is -0.204. The van der Waals surface area contributed by atoms with E-state index < -0.39 is 42.3 Å². The number of rotatable bonds is 6. The molecule has 12 heteroatoms. The fourth-order valence-corrected chi connectivity index (χ4v) is 8.68. The molecule has 4 saturated heterocycles. The van der Waals surface area contributed by atoms with Crippen LogP contribution in [0.2, 0.25) is 0 Å². The molecule has 6 fully saturated rings. The van der Waals surface area contributed by atoms with Gasteiger partial charge in [0.25, 0.3) is 5.92 Å². The average molecular weight is 564 g/mol. The Morgan fingerprint density at radius 3 is 2.54 bits per heavy atom. The van der Waals surface area contributed by atoms with E-state index in [1.54, 1.807) is 9.80 Å². The van der Waals surface area contributed by atoms with Crippen molar-refractivity contribution in [1.82, 2.24) is 25.6 Å². The number of hydrazine groups is 1. The largest absolute Gasteiger partial charge is 0.392 e. The first-order valence-corrected chi connectivity index (χ1v) is 14.7. The Bertz CT molecular complexity index is 917. The third kappa shape index (κ3) is 5.45. The summed E-state index contributed by atoms with van der Waals surface area (Å²) >= 11 is 0. The van der Waals surface area contributed by atoms with Crippen molar-refractivity contribution >= 4 is 5.91 Å². The fraction of sp³-hybridized carbons (Fsp3) is 0.963. The molecule has 0 radical (unpaired) electrons. The number of alkyl halides is 5. The van der Waals surface area contributed by atoms with Crippen LogP contribution in [0.1, 0.15) is 51.4 Å². The molecule has 0 aromatic rings. The molecule has 7 unspecified atom stereocenters. The van der Waals surface area contributed by atoms with Gasteiger partial charge in [0.15, 0.2) is 0 Å². The van der Waals surface area contributed by atoms with Crippen molar-refractivity contribution in [1.29, 1.82) is 0 Å². The Labute approximate surface area is 227 Å². The van der Waals surface area contributed by atoms with E-state index in [1.165, 1.54) is 0 Å². The monoisotopic (exact) mass is 563 g/mol. The molecule has 2 saturated carbocycles. The van der Waals surface area contributed by atoms with Crippen LogP contribution in [-0.4, -0.2) is 98.0 Å². The van der Waals surface area contributed by atoms with Crippen molar-refractivity contribution in [2.24, 2.45) is 35.0 Å². The number of carbonyl (C=O) groups excluding carboxylic acids is 1. The lowest BCUT2D eigenvalue weighted by Crippen LogP contribution is -2.56. The Balaban J connectivity index is 1.14. The van der Waals surface area contributed by atoms with Gasteiger partial charge in [-0.3, -0.25) is 14.6 Å². The minimum atomic E-state index is -4.40. The van der Waals surface area contributed by atoms with Crippen molar-refractivity contribution in [3.8, 4) is 0 Å². The van der Waals surface area contributed by atoms with Gasteiger partial charge < -0.3 is 9.64 Å². The van der Waals surface area contributed by atoms with Gasteiger partial charge in [-0.2, -0.15) is 13.2 Å². The number of amides is 1. The molecular weight excluding hydrogens is 521 g/mol. The number of nitrogens with one attached hydrogen (secondary N) is 2. The van der Waals surface area contributed by atoms with Crippen molar-refractivity contribution < 1.29 is 31.5 Å². The first-order chi connectivity index (χ1) is 18.4. The molecule has 2 aliphatic carbocycles. The summed E-state index contributed by atoms with van der Waals surface area (Å²) < 4.78 is 76.0. The van der Waals surface area contributed by atoms with Crippen LogP contribution in [0.25, 0.3) is 0 Å². The van der Waals surface area contributed by atoms with Crippen LogP contribution >= 0.6 is 0 Å². The zero-order chi connectivity index (χ0) is 27.6. The number of ether oxygens (including phenoxy) is 1. The molecule has 7 atom stereocenters. The van der Waals surface area contributed by atoms with E-state index in [2.05, 4.69) is 22.8 Å². The lowest BCUT2D eigenvalue weighted by Gasteiger charge is -2.52. The zero-order valence-electron chi connectivity index (χ0n) is 22.7. The number of carbonyl (C=O) groups is 1. The van der Waals surface area contributed by atoms with Crippen molar-refractivity contribution in [3.63, 3.8) is 0 Å². The molecular formula is C27H42F5N5O2. The summed E-state index contributed by atoms with van der Waals surface area (Å²) in [7, 11) is 2.07. The molecule has 1 amide bonds. The van der Waals surface area contributed by atoms with Crippen LogP contribution < -0.4 is 10.9 Å². The first-order valence-electron chi connectivity index (χ1n) is 14.7. The first kappa shape index (κ1) is 28.1. The summed E-state index contributed by atoms with van der Waals surface area (Å²) in [6.45, 7) is 2.32. The minimum Gasteiger partial charge on any atom is -0.380 e. The maximum absolute atomic E-state index is 14.3. The quantitative estimate of drug-likeness (QED) is 0.484. The highest BCUT2D eigenvalue weighted by atomic mass is 19.4. The summed E-state index contributed by atoms with van der Waals surface area (Å²) in [6, 6.07) is -0.0451. The normalized spacial score (nSPS) is 41.1. The topological polar surface area (TPSA) is 60.1 Å². The number of fused-ring (bicyclic) bond motifs is 1. The maximum Gasteiger partial charge on any atom is 0.392 e. The number of nitrogens with zero attached hydrogens (tertiary/aromatic N) is 3. The van der Waals surface area contributed by atoms with Gasteiger partial charge in [0.1, 0.15) is 0 Å². The second-order valence-corrected chi connectivity index (χ2v) is 13.4. The van der Waals surface area contributed by atoms with E-state index in [1.807, 2.05) is 0 Å². The standard InChI is InChI=1S/C27H42F5N5O2/c1-35-16-33-34-23(35)10-25(14-39-15-25)18-3-2-4-19(9-18)37-12-21-20(24(37)38)7-17(8-22(21)27(30,31)32)11-36-6-5-26(28,29)13-36/h17-23,33-34H,2-16H2,1H3. The summed E-state index contributed by atoms with van der Waals surface area (Å²) in [5, 5.41) is 0. The van der Waals surface area contributed by atoms with Gasteiger partial charge in [0, 0.05) is 43.4 Å². The number of hydrogen-bond donors (Lipinski definition) is 2. The highest BCUT2D eigenvalue weighted by Crippen LogP contribution is 2.53. The zero-order valence-corrected chi connectivity index (χ0v) is 22.7. The van der Waals surface area contributed by atoms with E-state index in [9.17, 15) is 26.7 Å². The summed E-state index contributed by atoms with van der Waals surface area (Å²) in [5.41, 5.74) is 6.53. The minimum absolute atomic E-state index is 0.0174. The van der Waals surface area contributed by atoms with Gasteiger partial charge in [-0.15, -0.1) is 0 Å². The molecule has 6 rings (SSSR count). The Morgan fingerprint density at radius 2 is 1.92 bits per heavy atom. The van der Waals surface area contributed by atoms with Crippen LogP contribution in [0.15, 0.2) is 0 Å². The molecule has 7 nitrogen and oxygen atoms in total. The summed E-state index contributed by atoms with van der Waals surface area (Å²) in [5.74, 6) is -5.91. The van der Waals surface area contributed by atoms with Crippen LogP contribution in [0.3, 0.4) is 0 Å². The average Bonchev–Trinajstić information content (AvgIpc) is 3.52. The molecule has 222 valence electrons. The maximum atomic E-state index is 14.3. The van der Waals surface area contributed by atoms with Crippen LogP contribution in [-0.2, 0) is 9.53 Å². The molecule has 0 bridgehead atoms. The SMILES string of the molecule is CN1CNNC1CC1(C2CCCC(N3CC4C(CC(CN5CCC(F)(F)C5)CC4C(F)(F)F)C3=O)C2)COC1. The Hall–Kier alpha value is -1.08. The van der Waals surface area contributed by atoms with Gasteiger partial charge in [0.05, 0.1) is 38.5 Å². The summed E-state index contributed by atoms with van der Waals surface area (Å²) in [6.07, 6.45) is 0.414. The molecule has 0 aromatic heterocycles. The van der Waals surface area contributed by atoms with Crippen molar-refractivity contribution in [3.05, 3.63) is 0 Å². The van der Waals surface area contributed by atoms with Gasteiger partial charge in [0.2, 0.25) is 5.91 Å². The molecule has 39 heavy (non-hydrogen) atoms. The van der Waals surface area contributed by atoms with Gasteiger partial charge in [-0.05, 0) is 63.3 Å². The van der Waals surface area contributed by atoms with Crippen LogP contribution in [0, 0.1) is 35.0 Å². The van der Waals surface area contributed by atoms with Crippen molar-refractivity contribution in [2.45, 2.75) is 75.7 Å². The van der Waals surface area contributed by atoms with E-state index >= 15 is 0 Å². The van der Waals surface area contributed by atoms with Gasteiger partial charge >= 0.3 is 6.18 Å². The van der Waals surface area contributed by atoms with E-state index in [0.717, 1.165) is 38.8 Å². The third-order valence-electron chi connectivity index (χ3n) is 10.9.